The minimum atomic E-state index is -3.26. The number of amides is 1. The van der Waals surface area contributed by atoms with E-state index < -0.39 is 9.84 Å². The van der Waals surface area contributed by atoms with E-state index in [0.717, 1.165) is 22.3 Å². The monoisotopic (exact) mass is 487 g/mol. The normalized spacial score (nSPS) is 11.7. The topological polar surface area (TPSA) is 100 Å². The van der Waals surface area contributed by atoms with Crippen molar-refractivity contribution in [3.05, 3.63) is 68.4 Å². The number of aromatic nitrogens is 2. The zero-order valence-corrected chi connectivity index (χ0v) is 20.2. The summed E-state index contributed by atoms with van der Waals surface area (Å²) in [5, 5.41) is 2.48. The van der Waals surface area contributed by atoms with Gasteiger partial charge in [0.1, 0.15) is 10.7 Å². The van der Waals surface area contributed by atoms with Crippen molar-refractivity contribution < 1.29 is 13.2 Å². The number of aryl methyl sites for hydroxylation is 1. The fraction of sp³-hybridized carbons (Fsp3) is 0.227. The van der Waals surface area contributed by atoms with Crippen LogP contribution in [0.1, 0.15) is 16.3 Å². The summed E-state index contributed by atoms with van der Waals surface area (Å²) in [6.45, 7) is 2.34. The molecule has 32 heavy (non-hydrogen) atoms. The van der Waals surface area contributed by atoms with E-state index in [-0.39, 0.29) is 22.8 Å². The van der Waals surface area contributed by atoms with Gasteiger partial charge in [0.05, 0.1) is 16.7 Å². The Labute approximate surface area is 193 Å². The average molecular weight is 488 g/mol. The second-order valence-electron chi connectivity index (χ2n) is 7.60. The van der Waals surface area contributed by atoms with Crippen molar-refractivity contribution in [1.29, 1.82) is 0 Å². The number of thiophene rings is 2. The first-order chi connectivity index (χ1) is 15.1. The standard InChI is InChI=1S/C22H21N3O4S3/c1-13-4-9-17(31-13)16-12-30-22-20(16)21(27)23-18(24-22)10-19(26)25(2)11-14-5-7-15(8-6-14)32(3,28)29/h4-9,12H,10-11H2,1-3H3,(H,23,24,27). The van der Waals surface area contributed by atoms with E-state index in [1.807, 2.05) is 24.4 Å². The van der Waals surface area contributed by atoms with Crippen molar-refractivity contribution in [2.45, 2.75) is 24.8 Å². The number of carbonyl (C=O) groups excluding carboxylic acids is 1. The highest BCUT2D eigenvalue weighted by atomic mass is 32.2. The molecule has 10 heteroatoms. The van der Waals surface area contributed by atoms with E-state index in [1.165, 1.54) is 33.2 Å². The van der Waals surface area contributed by atoms with Crippen LogP contribution >= 0.6 is 22.7 Å². The lowest BCUT2D eigenvalue weighted by Crippen LogP contribution is -2.29. The maximum atomic E-state index is 12.8. The number of H-pyrrole nitrogens is 1. The van der Waals surface area contributed by atoms with Gasteiger partial charge in [0.25, 0.3) is 5.56 Å². The molecule has 0 atom stereocenters. The molecule has 0 bridgehead atoms. The number of benzene rings is 1. The van der Waals surface area contributed by atoms with Gasteiger partial charge in [-0.25, -0.2) is 13.4 Å². The number of nitrogens with zero attached hydrogens (tertiary/aromatic N) is 2. The predicted molar refractivity (Wildman–Crippen MR) is 128 cm³/mol. The Kier molecular flexibility index (Phi) is 6.02. The number of hydrogen-bond donors (Lipinski definition) is 1. The van der Waals surface area contributed by atoms with Crippen LogP contribution in [-0.4, -0.2) is 42.5 Å². The third-order valence-corrected chi connectivity index (χ3v) is 8.05. The van der Waals surface area contributed by atoms with Crippen LogP contribution in [-0.2, 0) is 27.6 Å². The molecule has 0 fully saturated rings. The summed E-state index contributed by atoms with van der Waals surface area (Å²) in [5.74, 6) is 0.118. The van der Waals surface area contributed by atoms with Crippen LogP contribution < -0.4 is 5.56 Å². The molecule has 0 radical (unpaired) electrons. The van der Waals surface area contributed by atoms with Gasteiger partial charge in [-0.1, -0.05) is 12.1 Å². The van der Waals surface area contributed by atoms with Crippen molar-refractivity contribution in [3.63, 3.8) is 0 Å². The third kappa shape index (κ3) is 4.67. The van der Waals surface area contributed by atoms with Crippen molar-refractivity contribution in [2.24, 2.45) is 0 Å². The smallest absolute Gasteiger partial charge is 0.260 e. The molecule has 1 N–H and O–H groups in total. The SMILES string of the molecule is Cc1ccc(-c2csc3nc(CC(=O)N(C)Cc4ccc(S(C)(=O)=O)cc4)[nH]c(=O)c23)s1. The summed E-state index contributed by atoms with van der Waals surface area (Å²) < 4.78 is 23.2. The first-order valence-corrected chi connectivity index (χ1v) is 13.3. The highest BCUT2D eigenvalue weighted by Gasteiger charge is 2.17. The number of likely N-dealkylation sites (N-methyl/N-ethyl adjacent to an activating group) is 1. The van der Waals surface area contributed by atoms with Gasteiger partial charge in [-0.05, 0) is 36.8 Å². The molecule has 1 amide bonds. The summed E-state index contributed by atoms with van der Waals surface area (Å²) in [5.41, 5.74) is 1.42. The second-order valence-corrected chi connectivity index (χ2v) is 11.8. The molecule has 4 aromatic rings. The summed E-state index contributed by atoms with van der Waals surface area (Å²) >= 11 is 3.01. The molecule has 3 heterocycles. The third-order valence-electron chi connectivity index (χ3n) is 5.01. The molecule has 166 valence electrons. The number of sulfone groups is 1. The van der Waals surface area contributed by atoms with Crippen LogP contribution in [0.4, 0.5) is 0 Å². The van der Waals surface area contributed by atoms with Crippen molar-refractivity contribution in [3.8, 4) is 10.4 Å². The van der Waals surface area contributed by atoms with Crippen molar-refractivity contribution in [2.75, 3.05) is 13.3 Å². The molecule has 0 aliphatic rings. The average Bonchev–Trinajstić information content (AvgIpc) is 3.34. The number of carbonyl (C=O) groups is 1. The lowest BCUT2D eigenvalue weighted by molar-refractivity contribution is -0.129. The Morgan fingerprint density at radius 2 is 1.88 bits per heavy atom. The van der Waals surface area contributed by atoms with Crippen molar-refractivity contribution in [1.82, 2.24) is 14.9 Å². The molecule has 0 aliphatic carbocycles. The minimum Gasteiger partial charge on any atom is -0.341 e. The molecule has 0 saturated carbocycles. The van der Waals surface area contributed by atoms with Gasteiger partial charge in [0.15, 0.2) is 9.84 Å². The first kappa shape index (κ1) is 22.4. The van der Waals surface area contributed by atoms with Gasteiger partial charge < -0.3 is 9.88 Å². The highest BCUT2D eigenvalue weighted by Crippen LogP contribution is 2.35. The second kappa shape index (κ2) is 8.61. The van der Waals surface area contributed by atoms with E-state index in [2.05, 4.69) is 9.97 Å². The molecule has 0 spiro atoms. The Morgan fingerprint density at radius 3 is 2.50 bits per heavy atom. The van der Waals surface area contributed by atoms with Crippen molar-refractivity contribution >= 4 is 48.6 Å². The summed E-state index contributed by atoms with van der Waals surface area (Å²) in [6.07, 6.45) is 1.12. The number of fused-ring (bicyclic) bond motifs is 1. The van der Waals surface area contributed by atoms with Crippen LogP contribution in [0.25, 0.3) is 20.7 Å². The van der Waals surface area contributed by atoms with Crippen LogP contribution in [0.15, 0.2) is 51.5 Å². The van der Waals surface area contributed by atoms with Crippen LogP contribution in [0.5, 0.6) is 0 Å². The fourth-order valence-corrected chi connectivity index (χ4v) is 5.87. The lowest BCUT2D eigenvalue weighted by Gasteiger charge is -2.17. The highest BCUT2D eigenvalue weighted by molar-refractivity contribution is 7.90. The summed E-state index contributed by atoms with van der Waals surface area (Å²) in [6, 6.07) is 10.4. The van der Waals surface area contributed by atoms with Gasteiger partial charge in [0, 0.05) is 40.5 Å². The molecule has 1 aromatic carbocycles. The van der Waals surface area contributed by atoms with E-state index in [4.69, 9.17) is 0 Å². The maximum Gasteiger partial charge on any atom is 0.260 e. The number of rotatable bonds is 6. The largest absolute Gasteiger partial charge is 0.341 e. The Hall–Kier alpha value is -2.82. The number of hydrogen-bond acceptors (Lipinski definition) is 7. The summed E-state index contributed by atoms with van der Waals surface area (Å²) in [7, 11) is -1.60. The molecular formula is C22H21N3O4S3. The van der Waals surface area contributed by atoms with Gasteiger partial charge in [-0.3, -0.25) is 9.59 Å². The molecule has 7 nitrogen and oxygen atoms in total. The van der Waals surface area contributed by atoms with E-state index in [0.29, 0.717) is 22.6 Å². The van der Waals surface area contributed by atoms with Crippen LogP contribution in [0.2, 0.25) is 0 Å². The van der Waals surface area contributed by atoms with Gasteiger partial charge in [-0.15, -0.1) is 22.7 Å². The molecule has 0 unspecified atom stereocenters. The molecule has 3 aromatic heterocycles. The Balaban J connectivity index is 1.50. The minimum absolute atomic E-state index is 0.0333. The van der Waals surface area contributed by atoms with Gasteiger partial charge >= 0.3 is 0 Å². The van der Waals surface area contributed by atoms with Crippen LogP contribution in [0.3, 0.4) is 0 Å². The molecular weight excluding hydrogens is 466 g/mol. The Morgan fingerprint density at radius 1 is 1.16 bits per heavy atom. The van der Waals surface area contributed by atoms with E-state index in [9.17, 15) is 18.0 Å². The van der Waals surface area contributed by atoms with Gasteiger partial charge in [-0.2, -0.15) is 0 Å². The first-order valence-electron chi connectivity index (χ1n) is 9.72. The van der Waals surface area contributed by atoms with Crippen LogP contribution in [0, 0.1) is 6.92 Å². The quantitative estimate of drug-likeness (QED) is 0.448. The Bertz CT molecular complexity index is 1460. The van der Waals surface area contributed by atoms with E-state index in [1.54, 1.807) is 30.5 Å². The summed E-state index contributed by atoms with van der Waals surface area (Å²) in [4.78, 5) is 37.3. The zero-order chi connectivity index (χ0) is 23.0. The maximum absolute atomic E-state index is 12.8. The zero-order valence-electron chi connectivity index (χ0n) is 17.7. The number of aromatic amines is 1. The number of nitrogens with one attached hydrogen (secondary N) is 1. The van der Waals surface area contributed by atoms with E-state index >= 15 is 0 Å². The fourth-order valence-electron chi connectivity index (χ4n) is 3.32. The lowest BCUT2D eigenvalue weighted by atomic mass is 10.2. The molecule has 0 aliphatic heterocycles. The predicted octanol–water partition coefficient (Wildman–Crippen LogP) is 3.63. The molecule has 4 rings (SSSR count). The van der Waals surface area contributed by atoms with Gasteiger partial charge in [0.2, 0.25) is 5.91 Å². The molecule has 0 saturated heterocycles.